The molecule has 4 nitrogen and oxygen atoms in total. The number of carbonyl (C=O) groups excluding carboxylic acids is 1. The summed E-state index contributed by atoms with van der Waals surface area (Å²) in [6.45, 7) is 1.96. The molecule has 0 bridgehead atoms. The molecule has 106 valence electrons. The van der Waals surface area contributed by atoms with Crippen LogP contribution in [0, 0.1) is 0 Å². The number of nitrogens with one attached hydrogen (secondary N) is 1. The molecule has 0 aliphatic carbocycles. The van der Waals surface area contributed by atoms with Gasteiger partial charge in [-0.3, -0.25) is 4.79 Å². The Morgan fingerprint density at radius 1 is 1.45 bits per heavy atom. The number of ether oxygens (including phenoxy) is 1. The Morgan fingerprint density at radius 2 is 2.25 bits per heavy atom. The maximum Gasteiger partial charge on any atom is 0.251 e. The van der Waals surface area contributed by atoms with E-state index in [1.807, 2.05) is 24.4 Å². The Balaban J connectivity index is 1.99. The summed E-state index contributed by atoms with van der Waals surface area (Å²) in [5, 5.41) is 14.6. The summed E-state index contributed by atoms with van der Waals surface area (Å²) in [4.78, 5) is 13.3. The fraction of sp³-hybridized carbons (Fsp3) is 0.267. The van der Waals surface area contributed by atoms with Crippen LogP contribution in [0.25, 0.3) is 0 Å². The highest BCUT2D eigenvalue weighted by Crippen LogP contribution is 2.26. The number of aromatic hydroxyl groups is 1. The van der Waals surface area contributed by atoms with Gasteiger partial charge < -0.3 is 15.2 Å². The summed E-state index contributed by atoms with van der Waals surface area (Å²) < 4.78 is 4.95. The van der Waals surface area contributed by atoms with E-state index in [9.17, 15) is 9.90 Å². The Hall–Kier alpha value is -2.01. The smallest absolute Gasteiger partial charge is 0.251 e. The molecular formula is C15H17NO3S. The third-order valence-corrected chi connectivity index (χ3v) is 3.80. The van der Waals surface area contributed by atoms with Gasteiger partial charge in [0.25, 0.3) is 5.91 Å². The average Bonchev–Trinajstić information content (AvgIpc) is 2.91. The van der Waals surface area contributed by atoms with Gasteiger partial charge in [-0.25, -0.2) is 0 Å². The highest BCUT2D eigenvalue weighted by atomic mass is 32.1. The highest BCUT2D eigenvalue weighted by Gasteiger charge is 2.12. The van der Waals surface area contributed by atoms with Gasteiger partial charge in [-0.2, -0.15) is 0 Å². The summed E-state index contributed by atoms with van der Waals surface area (Å²) in [6, 6.07) is 8.69. The molecule has 5 heteroatoms. The molecule has 1 aromatic heterocycles. The number of methoxy groups -OCH3 is 1. The van der Waals surface area contributed by atoms with Gasteiger partial charge in [0.2, 0.25) is 0 Å². The van der Waals surface area contributed by atoms with E-state index < -0.39 is 0 Å². The van der Waals surface area contributed by atoms with E-state index in [0.29, 0.717) is 11.3 Å². The van der Waals surface area contributed by atoms with Crippen LogP contribution in [0.1, 0.15) is 22.2 Å². The lowest BCUT2D eigenvalue weighted by Gasteiger charge is -2.13. The van der Waals surface area contributed by atoms with Crippen molar-refractivity contribution in [1.82, 2.24) is 5.32 Å². The largest absolute Gasteiger partial charge is 0.504 e. The predicted octanol–water partition coefficient (Wildman–Crippen LogP) is 2.82. The van der Waals surface area contributed by atoms with Crippen molar-refractivity contribution in [2.75, 3.05) is 7.11 Å². The quantitative estimate of drug-likeness (QED) is 0.890. The lowest BCUT2D eigenvalue weighted by molar-refractivity contribution is 0.0940. The molecule has 0 fully saturated rings. The number of benzene rings is 1. The van der Waals surface area contributed by atoms with Crippen LogP contribution in [0.2, 0.25) is 0 Å². The first-order chi connectivity index (χ1) is 9.60. The van der Waals surface area contributed by atoms with E-state index in [0.717, 1.165) is 6.42 Å². The van der Waals surface area contributed by atoms with Gasteiger partial charge in [0, 0.05) is 22.9 Å². The maximum absolute atomic E-state index is 12.1. The second-order valence-electron chi connectivity index (χ2n) is 4.54. The normalized spacial score (nSPS) is 11.9. The standard InChI is InChI=1S/C15H17NO3S/c1-10(8-12-4-3-7-20-12)16-15(18)11-5-6-14(19-2)13(17)9-11/h3-7,9-10,17H,8H2,1-2H3,(H,16,18). The number of thiophene rings is 1. The van der Waals surface area contributed by atoms with Crippen molar-refractivity contribution in [2.45, 2.75) is 19.4 Å². The summed E-state index contributed by atoms with van der Waals surface area (Å²) in [7, 11) is 1.47. The Bertz CT molecular complexity index is 581. The SMILES string of the molecule is COc1ccc(C(=O)NC(C)Cc2cccs2)cc1O. The molecule has 2 aromatic rings. The van der Waals surface area contributed by atoms with Gasteiger partial charge in [-0.15, -0.1) is 11.3 Å². The van der Waals surface area contributed by atoms with Gasteiger partial charge in [0.1, 0.15) is 0 Å². The number of phenols is 1. The number of phenolic OH excluding ortho intramolecular Hbond substituents is 1. The first-order valence-electron chi connectivity index (χ1n) is 6.30. The van der Waals surface area contributed by atoms with Gasteiger partial charge in [-0.05, 0) is 36.6 Å². The molecule has 2 N–H and O–H groups in total. The highest BCUT2D eigenvalue weighted by molar-refractivity contribution is 7.09. The van der Waals surface area contributed by atoms with Crippen molar-refractivity contribution < 1.29 is 14.6 Å². The molecule has 0 radical (unpaired) electrons. The minimum Gasteiger partial charge on any atom is -0.504 e. The monoisotopic (exact) mass is 291 g/mol. The van der Waals surface area contributed by atoms with E-state index in [1.165, 1.54) is 18.1 Å². The Morgan fingerprint density at radius 3 is 2.85 bits per heavy atom. The summed E-state index contributed by atoms with van der Waals surface area (Å²) in [6.07, 6.45) is 0.797. The van der Waals surface area contributed by atoms with Gasteiger partial charge in [0.05, 0.1) is 7.11 Å². The van der Waals surface area contributed by atoms with Gasteiger partial charge in [-0.1, -0.05) is 6.07 Å². The van der Waals surface area contributed by atoms with Crippen LogP contribution in [0.5, 0.6) is 11.5 Å². The van der Waals surface area contributed by atoms with Crippen LogP contribution in [0.3, 0.4) is 0 Å². The lowest BCUT2D eigenvalue weighted by atomic mass is 10.1. The van der Waals surface area contributed by atoms with Crippen LogP contribution in [0.4, 0.5) is 0 Å². The average molecular weight is 291 g/mol. The molecule has 0 aliphatic heterocycles. The Labute approximate surface area is 122 Å². The second kappa shape index (κ2) is 6.43. The fourth-order valence-corrected chi connectivity index (χ4v) is 2.76. The minimum atomic E-state index is -0.202. The van der Waals surface area contributed by atoms with E-state index in [4.69, 9.17) is 4.74 Å². The van der Waals surface area contributed by atoms with Gasteiger partial charge >= 0.3 is 0 Å². The van der Waals surface area contributed by atoms with Crippen LogP contribution in [-0.2, 0) is 6.42 Å². The van der Waals surface area contributed by atoms with Crippen LogP contribution in [0.15, 0.2) is 35.7 Å². The lowest BCUT2D eigenvalue weighted by Crippen LogP contribution is -2.33. The molecule has 1 heterocycles. The topological polar surface area (TPSA) is 58.6 Å². The molecule has 1 amide bonds. The molecule has 0 spiro atoms. The molecular weight excluding hydrogens is 274 g/mol. The molecule has 0 saturated heterocycles. The molecule has 2 rings (SSSR count). The molecule has 0 aliphatic rings. The molecule has 1 atom stereocenters. The minimum absolute atomic E-state index is 0.0328. The van der Waals surface area contributed by atoms with Crippen LogP contribution < -0.4 is 10.1 Å². The summed E-state index contributed by atoms with van der Waals surface area (Å²) in [5.74, 6) is 0.117. The van der Waals surface area contributed by atoms with Crippen molar-refractivity contribution in [2.24, 2.45) is 0 Å². The van der Waals surface area contributed by atoms with Crippen LogP contribution >= 0.6 is 11.3 Å². The molecule has 0 saturated carbocycles. The van der Waals surface area contributed by atoms with Crippen molar-refractivity contribution in [3.63, 3.8) is 0 Å². The van der Waals surface area contributed by atoms with Crippen molar-refractivity contribution in [3.05, 3.63) is 46.2 Å². The zero-order chi connectivity index (χ0) is 14.5. The number of carbonyl (C=O) groups is 1. The van der Waals surface area contributed by atoms with E-state index >= 15 is 0 Å². The molecule has 1 unspecified atom stereocenters. The van der Waals surface area contributed by atoms with Crippen molar-refractivity contribution in [1.29, 1.82) is 0 Å². The van der Waals surface area contributed by atoms with Crippen molar-refractivity contribution in [3.8, 4) is 11.5 Å². The van der Waals surface area contributed by atoms with E-state index in [2.05, 4.69) is 5.32 Å². The second-order valence-corrected chi connectivity index (χ2v) is 5.58. The van der Waals surface area contributed by atoms with Gasteiger partial charge in [0.15, 0.2) is 11.5 Å². The first kappa shape index (κ1) is 14.4. The number of hydrogen-bond acceptors (Lipinski definition) is 4. The number of hydrogen-bond donors (Lipinski definition) is 2. The summed E-state index contributed by atoms with van der Waals surface area (Å²) >= 11 is 1.67. The zero-order valence-corrected chi connectivity index (χ0v) is 12.2. The fourth-order valence-electron chi connectivity index (χ4n) is 1.92. The zero-order valence-electron chi connectivity index (χ0n) is 11.4. The van der Waals surface area contributed by atoms with Crippen molar-refractivity contribution >= 4 is 17.2 Å². The van der Waals surface area contributed by atoms with E-state index in [1.54, 1.807) is 23.5 Å². The Kier molecular flexibility index (Phi) is 4.63. The first-order valence-corrected chi connectivity index (χ1v) is 7.18. The third-order valence-electron chi connectivity index (χ3n) is 2.91. The number of amides is 1. The molecule has 20 heavy (non-hydrogen) atoms. The maximum atomic E-state index is 12.1. The number of rotatable bonds is 5. The third kappa shape index (κ3) is 3.51. The van der Waals surface area contributed by atoms with E-state index in [-0.39, 0.29) is 17.7 Å². The molecule has 1 aromatic carbocycles. The predicted molar refractivity (Wildman–Crippen MR) is 79.6 cm³/mol. The summed E-state index contributed by atoms with van der Waals surface area (Å²) in [5.41, 5.74) is 0.418. The van der Waals surface area contributed by atoms with Crippen LogP contribution in [-0.4, -0.2) is 24.2 Å².